The quantitative estimate of drug-likeness (QED) is 0.754. The maximum atomic E-state index is 11.0. The standard InChI is InChI=1S/C15H11ClN2O3/c1-8(19)17-10-3-4-11(13(20)7-10)15-18-12-6-9(16)2-5-14(12)21-15/h2-7,20H,1H3,(H,17,19). The lowest BCUT2D eigenvalue weighted by Gasteiger charge is -2.05. The number of aromatic nitrogens is 1. The molecule has 1 amide bonds. The monoisotopic (exact) mass is 302 g/mol. The lowest BCUT2D eigenvalue weighted by molar-refractivity contribution is -0.114. The number of hydrogen-bond acceptors (Lipinski definition) is 4. The van der Waals surface area contributed by atoms with E-state index in [0.29, 0.717) is 33.3 Å². The molecule has 5 nitrogen and oxygen atoms in total. The minimum Gasteiger partial charge on any atom is -0.507 e. The number of phenols is 1. The molecule has 21 heavy (non-hydrogen) atoms. The number of carbonyl (C=O) groups excluding carboxylic acids is 1. The number of carbonyl (C=O) groups is 1. The van der Waals surface area contributed by atoms with Crippen LogP contribution in [0.1, 0.15) is 6.92 Å². The second kappa shape index (κ2) is 5.10. The number of nitrogens with zero attached hydrogens (tertiary/aromatic N) is 1. The van der Waals surface area contributed by atoms with Crippen LogP contribution in [0.3, 0.4) is 0 Å². The average molecular weight is 303 g/mol. The third-order valence-electron chi connectivity index (χ3n) is 2.90. The summed E-state index contributed by atoms with van der Waals surface area (Å²) in [6.45, 7) is 1.40. The van der Waals surface area contributed by atoms with Gasteiger partial charge >= 0.3 is 0 Å². The van der Waals surface area contributed by atoms with Crippen molar-refractivity contribution in [3.8, 4) is 17.2 Å². The highest BCUT2D eigenvalue weighted by molar-refractivity contribution is 6.31. The highest BCUT2D eigenvalue weighted by atomic mass is 35.5. The smallest absolute Gasteiger partial charge is 0.231 e. The number of phenolic OH excluding ortho intramolecular Hbond substituents is 1. The molecular weight excluding hydrogens is 292 g/mol. The number of oxazole rings is 1. The first-order valence-corrected chi connectivity index (χ1v) is 6.58. The van der Waals surface area contributed by atoms with Crippen LogP contribution in [0.25, 0.3) is 22.6 Å². The zero-order valence-corrected chi connectivity index (χ0v) is 11.8. The van der Waals surface area contributed by atoms with E-state index >= 15 is 0 Å². The molecule has 2 N–H and O–H groups in total. The number of nitrogens with one attached hydrogen (secondary N) is 1. The van der Waals surface area contributed by atoms with Crippen molar-refractivity contribution < 1.29 is 14.3 Å². The van der Waals surface area contributed by atoms with Crippen LogP contribution in [0.2, 0.25) is 5.02 Å². The van der Waals surface area contributed by atoms with Gasteiger partial charge < -0.3 is 14.8 Å². The van der Waals surface area contributed by atoms with Gasteiger partial charge in [0.2, 0.25) is 11.8 Å². The highest BCUT2D eigenvalue weighted by Gasteiger charge is 2.13. The van der Waals surface area contributed by atoms with Crippen LogP contribution >= 0.6 is 11.6 Å². The van der Waals surface area contributed by atoms with E-state index in [1.54, 1.807) is 30.3 Å². The van der Waals surface area contributed by atoms with Gasteiger partial charge in [-0.2, -0.15) is 0 Å². The molecule has 1 aromatic heterocycles. The average Bonchev–Trinajstić information content (AvgIpc) is 2.80. The summed E-state index contributed by atoms with van der Waals surface area (Å²) in [5.41, 5.74) is 2.14. The Morgan fingerprint density at radius 2 is 2.10 bits per heavy atom. The molecule has 106 valence electrons. The first kappa shape index (κ1) is 13.5. The molecule has 2 aromatic carbocycles. The van der Waals surface area contributed by atoms with Crippen molar-refractivity contribution in [3.05, 3.63) is 41.4 Å². The van der Waals surface area contributed by atoms with Crippen LogP contribution in [-0.4, -0.2) is 16.0 Å². The fourth-order valence-corrected chi connectivity index (χ4v) is 2.18. The van der Waals surface area contributed by atoms with Crippen molar-refractivity contribution in [2.24, 2.45) is 0 Å². The lowest BCUT2D eigenvalue weighted by Crippen LogP contribution is -2.05. The van der Waals surface area contributed by atoms with Crippen LogP contribution in [0.5, 0.6) is 5.75 Å². The van der Waals surface area contributed by atoms with Crippen LogP contribution in [0, 0.1) is 0 Å². The van der Waals surface area contributed by atoms with E-state index in [1.807, 2.05) is 0 Å². The first-order valence-electron chi connectivity index (χ1n) is 6.20. The van der Waals surface area contributed by atoms with Crippen LogP contribution in [-0.2, 0) is 4.79 Å². The van der Waals surface area contributed by atoms with Gasteiger partial charge in [-0.05, 0) is 30.3 Å². The fraction of sp³-hybridized carbons (Fsp3) is 0.0667. The Kier molecular flexibility index (Phi) is 3.27. The van der Waals surface area contributed by atoms with E-state index in [4.69, 9.17) is 16.0 Å². The lowest BCUT2D eigenvalue weighted by atomic mass is 10.2. The predicted molar refractivity (Wildman–Crippen MR) is 80.4 cm³/mol. The summed E-state index contributed by atoms with van der Waals surface area (Å²) >= 11 is 5.90. The molecule has 1 heterocycles. The molecule has 0 saturated heterocycles. The summed E-state index contributed by atoms with van der Waals surface area (Å²) in [6.07, 6.45) is 0. The van der Waals surface area contributed by atoms with Gasteiger partial charge in [-0.1, -0.05) is 11.6 Å². The third-order valence-corrected chi connectivity index (χ3v) is 3.13. The van der Waals surface area contributed by atoms with Gasteiger partial charge in [0.1, 0.15) is 11.3 Å². The van der Waals surface area contributed by atoms with Gasteiger partial charge in [-0.25, -0.2) is 4.98 Å². The molecular formula is C15H11ClN2O3. The van der Waals surface area contributed by atoms with Crippen molar-refractivity contribution in [1.29, 1.82) is 0 Å². The number of aromatic hydroxyl groups is 1. The summed E-state index contributed by atoms with van der Waals surface area (Å²) in [5.74, 6) is 0.0525. The summed E-state index contributed by atoms with van der Waals surface area (Å²) in [4.78, 5) is 15.3. The molecule has 0 unspecified atom stereocenters. The number of fused-ring (bicyclic) bond motifs is 1. The summed E-state index contributed by atoms with van der Waals surface area (Å²) in [7, 11) is 0. The summed E-state index contributed by atoms with van der Waals surface area (Å²) < 4.78 is 5.59. The second-order valence-corrected chi connectivity index (χ2v) is 4.98. The van der Waals surface area contributed by atoms with E-state index in [2.05, 4.69) is 10.3 Å². The van der Waals surface area contributed by atoms with Crippen molar-refractivity contribution in [3.63, 3.8) is 0 Å². The maximum Gasteiger partial charge on any atom is 0.231 e. The molecule has 0 bridgehead atoms. The molecule has 0 atom stereocenters. The molecule has 0 aliphatic carbocycles. The Morgan fingerprint density at radius 3 is 2.81 bits per heavy atom. The number of amides is 1. The van der Waals surface area contributed by atoms with Crippen molar-refractivity contribution in [1.82, 2.24) is 4.98 Å². The molecule has 0 aliphatic heterocycles. The number of anilines is 1. The molecule has 0 aliphatic rings. The second-order valence-electron chi connectivity index (χ2n) is 4.54. The highest BCUT2D eigenvalue weighted by Crippen LogP contribution is 2.33. The van der Waals surface area contributed by atoms with Crippen molar-refractivity contribution in [2.75, 3.05) is 5.32 Å². The van der Waals surface area contributed by atoms with Crippen LogP contribution in [0.15, 0.2) is 40.8 Å². The zero-order chi connectivity index (χ0) is 15.0. The topological polar surface area (TPSA) is 75.4 Å². The van der Waals surface area contributed by atoms with Gasteiger partial charge in [-0.3, -0.25) is 4.79 Å². The normalized spacial score (nSPS) is 10.8. The minimum absolute atomic E-state index is 0.0288. The molecule has 0 fully saturated rings. The van der Waals surface area contributed by atoms with Gasteiger partial charge in [0, 0.05) is 23.7 Å². The Labute approximate surface area is 125 Å². The number of hydrogen-bond donors (Lipinski definition) is 2. The van der Waals surface area contributed by atoms with Crippen molar-refractivity contribution in [2.45, 2.75) is 6.92 Å². The summed E-state index contributed by atoms with van der Waals surface area (Å²) in [6, 6.07) is 9.85. The van der Waals surface area contributed by atoms with E-state index in [1.165, 1.54) is 13.0 Å². The largest absolute Gasteiger partial charge is 0.507 e. The Morgan fingerprint density at radius 1 is 1.29 bits per heavy atom. The fourth-order valence-electron chi connectivity index (χ4n) is 2.01. The Bertz CT molecular complexity index is 842. The molecule has 0 saturated carbocycles. The molecule has 3 aromatic rings. The van der Waals surface area contributed by atoms with Crippen LogP contribution < -0.4 is 5.32 Å². The SMILES string of the molecule is CC(=O)Nc1ccc(-c2nc3cc(Cl)ccc3o2)c(O)c1. The number of rotatable bonds is 2. The molecule has 6 heteroatoms. The van der Waals surface area contributed by atoms with Crippen molar-refractivity contribution >= 4 is 34.3 Å². The predicted octanol–water partition coefficient (Wildman–Crippen LogP) is 3.81. The number of benzene rings is 2. The van der Waals surface area contributed by atoms with Gasteiger partial charge in [0.25, 0.3) is 0 Å². The van der Waals surface area contributed by atoms with E-state index in [0.717, 1.165) is 0 Å². The van der Waals surface area contributed by atoms with Gasteiger partial charge in [0.15, 0.2) is 5.58 Å². The van der Waals surface area contributed by atoms with E-state index < -0.39 is 0 Å². The first-order chi connectivity index (χ1) is 10.0. The minimum atomic E-state index is -0.210. The Hall–Kier alpha value is -2.53. The van der Waals surface area contributed by atoms with E-state index in [9.17, 15) is 9.90 Å². The molecule has 0 radical (unpaired) electrons. The Balaban J connectivity index is 2.03. The third kappa shape index (κ3) is 2.68. The van der Waals surface area contributed by atoms with E-state index in [-0.39, 0.29) is 11.7 Å². The summed E-state index contributed by atoms with van der Waals surface area (Å²) in [5, 5.41) is 13.2. The molecule has 3 rings (SSSR count). The zero-order valence-electron chi connectivity index (χ0n) is 11.1. The van der Waals surface area contributed by atoms with Gasteiger partial charge in [-0.15, -0.1) is 0 Å². The van der Waals surface area contributed by atoms with Crippen LogP contribution in [0.4, 0.5) is 5.69 Å². The van der Waals surface area contributed by atoms with Gasteiger partial charge in [0.05, 0.1) is 5.56 Å². The molecule has 0 spiro atoms. The maximum absolute atomic E-state index is 11.0. The number of halogens is 1.